The van der Waals surface area contributed by atoms with Gasteiger partial charge in [-0.25, -0.2) is 0 Å². The van der Waals surface area contributed by atoms with Crippen LogP contribution in [0.4, 0.5) is 5.69 Å². The molecule has 1 aromatic rings. The Morgan fingerprint density at radius 3 is 2.35 bits per heavy atom. The summed E-state index contributed by atoms with van der Waals surface area (Å²) >= 11 is 12.0. The van der Waals surface area contributed by atoms with Crippen LogP contribution >= 0.6 is 35.6 Å². The van der Waals surface area contributed by atoms with E-state index >= 15 is 0 Å². The number of carbonyl (C=O) groups is 2. The Morgan fingerprint density at radius 1 is 1.13 bits per heavy atom. The third-order valence-electron chi connectivity index (χ3n) is 4.06. The lowest BCUT2D eigenvalue weighted by Crippen LogP contribution is -2.48. The molecule has 0 saturated carbocycles. The lowest BCUT2D eigenvalue weighted by Gasteiger charge is -2.29. The molecule has 1 atom stereocenters. The van der Waals surface area contributed by atoms with Crippen molar-refractivity contribution >= 4 is 53.1 Å². The number of nitrogens with zero attached hydrogens (tertiary/aromatic N) is 2. The van der Waals surface area contributed by atoms with E-state index in [0.717, 1.165) is 13.1 Å². The molecule has 0 spiro atoms. The Balaban J connectivity index is 0.00000192. The van der Waals surface area contributed by atoms with Crippen LogP contribution < -0.4 is 10.2 Å². The minimum Gasteiger partial charge on any atom is -0.340 e. The van der Waals surface area contributed by atoms with Gasteiger partial charge in [0.2, 0.25) is 11.8 Å². The van der Waals surface area contributed by atoms with Crippen LogP contribution in [0, 0.1) is 5.92 Å². The quantitative estimate of drug-likeness (QED) is 0.858. The molecule has 2 fully saturated rings. The van der Waals surface area contributed by atoms with Crippen LogP contribution in [0.1, 0.15) is 6.42 Å². The van der Waals surface area contributed by atoms with Gasteiger partial charge in [-0.15, -0.1) is 12.4 Å². The molecule has 2 saturated heterocycles. The highest BCUT2D eigenvalue weighted by Crippen LogP contribution is 2.30. The average molecular weight is 379 g/mol. The molecule has 126 valence electrons. The molecule has 0 bridgehead atoms. The van der Waals surface area contributed by atoms with E-state index < -0.39 is 0 Å². The van der Waals surface area contributed by atoms with Crippen molar-refractivity contribution in [2.75, 3.05) is 37.6 Å². The van der Waals surface area contributed by atoms with Gasteiger partial charge in [0.1, 0.15) is 0 Å². The first kappa shape index (κ1) is 18.3. The third-order valence-corrected chi connectivity index (χ3v) is 4.50. The molecule has 23 heavy (non-hydrogen) atoms. The lowest BCUT2D eigenvalue weighted by molar-refractivity contribution is -0.136. The van der Waals surface area contributed by atoms with Crippen molar-refractivity contribution in [2.45, 2.75) is 6.42 Å². The molecule has 2 aliphatic rings. The number of amides is 2. The fourth-order valence-electron chi connectivity index (χ4n) is 2.96. The monoisotopic (exact) mass is 377 g/mol. The molecule has 1 unspecified atom stereocenters. The molecule has 5 nitrogen and oxygen atoms in total. The van der Waals surface area contributed by atoms with Crippen molar-refractivity contribution in [1.82, 2.24) is 10.2 Å². The first-order valence-electron chi connectivity index (χ1n) is 7.30. The molecule has 8 heteroatoms. The van der Waals surface area contributed by atoms with E-state index in [4.69, 9.17) is 23.2 Å². The molecule has 1 aromatic carbocycles. The molecule has 3 rings (SSSR count). The van der Waals surface area contributed by atoms with Crippen LogP contribution in [0.3, 0.4) is 0 Å². The standard InChI is InChI=1S/C15H17Cl2N3O2.ClH/c16-11-6-12(17)8-13(7-11)20-9-10(5-14(20)21)15(22)19-3-1-18-2-4-19;/h6-8,10,18H,1-5,9H2;1H. The van der Waals surface area contributed by atoms with Gasteiger partial charge < -0.3 is 15.1 Å². The summed E-state index contributed by atoms with van der Waals surface area (Å²) in [5.41, 5.74) is 0.651. The van der Waals surface area contributed by atoms with Crippen LogP contribution in [0.2, 0.25) is 10.0 Å². The molecule has 2 amide bonds. The van der Waals surface area contributed by atoms with E-state index in [1.165, 1.54) is 0 Å². The van der Waals surface area contributed by atoms with E-state index in [1.54, 1.807) is 23.1 Å². The second-order valence-corrected chi connectivity index (χ2v) is 6.48. The number of halogens is 3. The minimum atomic E-state index is -0.289. The molecular formula is C15H18Cl3N3O2. The maximum Gasteiger partial charge on any atom is 0.228 e. The average Bonchev–Trinajstić information content (AvgIpc) is 2.88. The number of hydrogen-bond acceptors (Lipinski definition) is 3. The number of nitrogens with one attached hydrogen (secondary N) is 1. The molecule has 2 aliphatic heterocycles. The first-order chi connectivity index (χ1) is 10.5. The Labute approximate surface area is 151 Å². The van der Waals surface area contributed by atoms with Crippen LogP contribution in [-0.4, -0.2) is 49.4 Å². The summed E-state index contributed by atoms with van der Waals surface area (Å²) in [7, 11) is 0. The van der Waals surface area contributed by atoms with Crippen LogP contribution in [-0.2, 0) is 9.59 Å². The number of piperazine rings is 1. The number of anilines is 1. The van der Waals surface area contributed by atoms with E-state index in [2.05, 4.69) is 5.32 Å². The fraction of sp³-hybridized carbons (Fsp3) is 0.467. The maximum absolute atomic E-state index is 12.5. The zero-order valence-electron chi connectivity index (χ0n) is 12.4. The largest absolute Gasteiger partial charge is 0.340 e. The van der Waals surface area contributed by atoms with Gasteiger partial charge in [-0.1, -0.05) is 23.2 Å². The first-order valence-corrected chi connectivity index (χ1v) is 8.06. The van der Waals surface area contributed by atoms with Crippen molar-refractivity contribution < 1.29 is 9.59 Å². The maximum atomic E-state index is 12.5. The molecular weight excluding hydrogens is 361 g/mol. The zero-order chi connectivity index (χ0) is 15.7. The zero-order valence-corrected chi connectivity index (χ0v) is 14.8. The highest BCUT2D eigenvalue weighted by atomic mass is 35.5. The van der Waals surface area contributed by atoms with Gasteiger partial charge in [0.25, 0.3) is 0 Å². The number of carbonyl (C=O) groups excluding carboxylic acids is 2. The summed E-state index contributed by atoms with van der Waals surface area (Å²) in [6, 6.07) is 5.02. The summed E-state index contributed by atoms with van der Waals surface area (Å²) < 4.78 is 0. The summed E-state index contributed by atoms with van der Waals surface area (Å²) in [4.78, 5) is 28.2. The van der Waals surface area contributed by atoms with Gasteiger partial charge in [0.15, 0.2) is 0 Å². The normalized spacial score (nSPS) is 21.3. The summed E-state index contributed by atoms with van der Waals surface area (Å²) in [6.07, 6.45) is 0.243. The van der Waals surface area contributed by atoms with Gasteiger partial charge in [-0.2, -0.15) is 0 Å². The Morgan fingerprint density at radius 2 is 1.74 bits per heavy atom. The van der Waals surface area contributed by atoms with E-state index in [9.17, 15) is 9.59 Å². The topological polar surface area (TPSA) is 52.7 Å². The predicted molar refractivity (Wildman–Crippen MR) is 93.6 cm³/mol. The number of benzene rings is 1. The summed E-state index contributed by atoms with van der Waals surface area (Å²) in [5.74, 6) is -0.291. The van der Waals surface area contributed by atoms with E-state index in [0.29, 0.717) is 35.4 Å². The Kier molecular flexibility index (Phi) is 6.14. The van der Waals surface area contributed by atoms with Crippen LogP contribution in [0.15, 0.2) is 18.2 Å². The van der Waals surface area contributed by atoms with Gasteiger partial charge in [-0.3, -0.25) is 9.59 Å². The Bertz CT molecular complexity index is 585. The van der Waals surface area contributed by atoms with Crippen molar-refractivity contribution in [2.24, 2.45) is 5.92 Å². The number of hydrogen-bond donors (Lipinski definition) is 1. The van der Waals surface area contributed by atoms with Gasteiger partial charge in [-0.05, 0) is 18.2 Å². The van der Waals surface area contributed by atoms with E-state index in [-0.39, 0.29) is 36.6 Å². The smallest absolute Gasteiger partial charge is 0.228 e. The lowest BCUT2D eigenvalue weighted by atomic mass is 10.1. The number of rotatable bonds is 2. The van der Waals surface area contributed by atoms with Crippen LogP contribution in [0.5, 0.6) is 0 Å². The van der Waals surface area contributed by atoms with Crippen molar-refractivity contribution in [3.8, 4) is 0 Å². The molecule has 1 N–H and O–H groups in total. The van der Waals surface area contributed by atoms with Gasteiger partial charge in [0.05, 0.1) is 5.92 Å². The summed E-state index contributed by atoms with van der Waals surface area (Å²) in [6.45, 7) is 3.40. The highest BCUT2D eigenvalue weighted by molar-refractivity contribution is 6.35. The van der Waals surface area contributed by atoms with E-state index in [1.807, 2.05) is 4.90 Å². The highest BCUT2D eigenvalue weighted by Gasteiger charge is 2.37. The van der Waals surface area contributed by atoms with Crippen molar-refractivity contribution in [1.29, 1.82) is 0 Å². The predicted octanol–water partition coefficient (Wildman–Crippen LogP) is 2.20. The second-order valence-electron chi connectivity index (χ2n) is 5.61. The summed E-state index contributed by atoms with van der Waals surface area (Å²) in [5, 5.41) is 4.17. The molecule has 0 aliphatic carbocycles. The van der Waals surface area contributed by atoms with Crippen molar-refractivity contribution in [3.63, 3.8) is 0 Å². The third kappa shape index (κ3) is 4.10. The Hall–Kier alpha value is -1.01. The molecule has 0 aromatic heterocycles. The molecule has 2 heterocycles. The SMILES string of the molecule is Cl.O=C(C1CC(=O)N(c2cc(Cl)cc(Cl)c2)C1)N1CCNCC1. The van der Waals surface area contributed by atoms with Gasteiger partial charge in [0, 0.05) is 54.9 Å². The molecule has 0 radical (unpaired) electrons. The van der Waals surface area contributed by atoms with Crippen LogP contribution in [0.25, 0.3) is 0 Å². The van der Waals surface area contributed by atoms with Gasteiger partial charge >= 0.3 is 0 Å². The second kappa shape index (κ2) is 7.71. The fourth-order valence-corrected chi connectivity index (χ4v) is 3.48. The van der Waals surface area contributed by atoms with Crippen molar-refractivity contribution in [3.05, 3.63) is 28.2 Å². The minimum absolute atomic E-state index is 0.